The second kappa shape index (κ2) is 7.42. The van der Waals surface area contributed by atoms with E-state index in [9.17, 15) is 30.8 Å². The van der Waals surface area contributed by atoms with Gasteiger partial charge in [0.2, 0.25) is 10.0 Å². The van der Waals surface area contributed by atoms with Crippen LogP contribution in [0.15, 0.2) is 47.4 Å². The van der Waals surface area contributed by atoms with E-state index in [4.69, 9.17) is 0 Å². The number of carbonyl (C=O) groups excluding carboxylic acids is 1. The number of hydrogen-bond acceptors (Lipinski definition) is 3. The molecule has 2 aromatic rings. The molecule has 5 nitrogen and oxygen atoms in total. The van der Waals surface area contributed by atoms with Crippen LogP contribution in [0.5, 0.6) is 0 Å². The smallest absolute Gasteiger partial charge is 0.322 e. The van der Waals surface area contributed by atoms with Crippen molar-refractivity contribution in [2.45, 2.75) is 18.0 Å². The molecule has 10 heteroatoms. The molecule has 0 fully saturated rings. The van der Waals surface area contributed by atoms with Gasteiger partial charge < -0.3 is 5.32 Å². The molecule has 0 unspecified atom stereocenters. The van der Waals surface area contributed by atoms with Crippen molar-refractivity contribution in [3.8, 4) is 0 Å². The second-order valence-corrected chi connectivity index (χ2v) is 7.15. The third-order valence-electron chi connectivity index (χ3n) is 3.28. The summed E-state index contributed by atoms with van der Waals surface area (Å²) in [5.41, 5.74) is 0.509. The SMILES string of the molecule is Cc1cc(NC(=O)c2cccc(S(=O)(=O)NCC(F)(F)F)c2)ccc1F. The summed E-state index contributed by atoms with van der Waals surface area (Å²) >= 11 is 0. The van der Waals surface area contributed by atoms with Gasteiger partial charge in [-0.25, -0.2) is 17.5 Å². The normalized spacial score (nSPS) is 12.0. The molecule has 0 aliphatic rings. The van der Waals surface area contributed by atoms with Crippen LogP contribution in [0.2, 0.25) is 0 Å². The first-order valence-electron chi connectivity index (χ1n) is 7.22. The molecule has 2 N–H and O–H groups in total. The van der Waals surface area contributed by atoms with Crippen molar-refractivity contribution in [1.29, 1.82) is 0 Å². The highest BCUT2D eigenvalue weighted by Crippen LogP contribution is 2.18. The highest BCUT2D eigenvalue weighted by atomic mass is 32.2. The minimum Gasteiger partial charge on any atom is -0.322 e. The molecule has 0 radical (unpaired) electrons. The summed E-state index contributed by atoms with van der Waals surface area (Å²) < 4.78 is 75.1. The van der Waals surface area contributed by atoms with Crippen molar-refractivity contribution < 1.29 is 30.8 Å². The lowest BCUT2D eigenvalue weighted by atomic mass is 10.2. The molecule has 2 rings (SSSR count). The van der Waals surface area contributed by atoms with Gasteiger partial charge >= 0.3 is 6.18 Å². The number of hydrogen-bond donors (Lipinski definition) is 2. The molecule has 0 saturated heterocycles. The number of benzene rings is 2. The third-order valence-corrected chi connectivity index (χ3v) is 4.68. The number of aryl methyl sites for hydroxylation is 1. The Hall–Kier alpha value is -2.46. The molecule has 0 atom stereocenters. The summed E-state index contributed by atoms with van der Waals surface area (Å²) in [5.74, 6) is -1.14. The summed E-state index contributed by atoms with van der Waals surface area (Å²) in [4.78, 5) is 11.7. The molecule has 1 amide bonds. The average molecular weight is 390 g/mol. The number of sulfonamides is 1. The van der Waals surface area contributed by atoms with Crippen LogP contribution in [-0.2, 0) is 10.0 Å². The minimum atomic E-state index is -4.71. The first-order chi connectivity index (χ1) is 12.0. The van der Waals surface area contributed by atoms with Gasteiger partial charge in [-0.1, -0.05) is 6.07 Å². The Labute approximate surface area is 147 Å². The predicted molar refractivity (Wildman–Crippen MR) is 86.8 cm³/mol. The van der Waals surface area contributed by atoms with Crippen LogP contribution in [0.25, 0.3) is 0 Å². The van der Waals surface area contributed by atoms with Crippen LogP contribution in [0.4, 0.5) is 23.2 Å². The number of halogens is 4. The number of alkyl halides is 3. The molecule has 0 aliphatic heterocycles. The monoisotopic (exact) mass is 390 g/mol. The lowest BCUT2D eigenvalue weighted by molar-refractivity contribution is -0.121. The topological polar surface area (TPSA) is 75.3 Å². The Balaban J connectivity index is 2.19. The summed E-state index contributed by atoms with van der Waals surface area (Å²) in [5, 5.41) is 2.46. The average Bonchev–Trinajstić information content (AvgIpc) is 2.56. The van der Waals surface area contributed by atoms with E-state index in [0.717, 1.165) is 18.2 Å². The van der Waals surface area contributed by atoms with Crippen molar-refractivity contribution >= 4 is 21.6 Å². The van der Waals surface area contributed by atoms with Crippen molar-refractivity contribution in [2.24, 2.45) is 0 Å². The van der Waals surface area contributed by atoms with E-state index in [1.807, 2.05) is 0 Å². The first-order valence-corrected chi connectivity index (χ1v) is 8.70. The van der Waals surface area contributed by atoms with Gasteiger partial charge in [-0.2, -0.15) is 13.2 Å². The largest absolute Gasteiger partial charge is 0.402 e. The first kappa shape index (κ1) is 19.9. The van der Waals surface area contributed by atoms with Crippen molar-refractivity contribution in [1.82, 2.24) is 4.72 Å². The molecule has 2 aromatic carbocycles. The summed E-state index contributed by atoms with van der Waals surface area (Å²) in [6, 6.07) is 8.42. The van der Waals surface area contributed by atoms with Crippen LogP contribution < -0.4 is 10.0 Å². The van der Waals surface area contributed by atoms with Gasteiger partial charge in [0.25, 0.3) is 5.91 Å². The van der Waals surface area contributed by atoms with Gasteiger partial charge in [-0.15, -0.1) is 0 Å². The predicted octanol–water partition coefficient (Wildman–Crippen LogP) is 3.23. The van der Waals surface area contributed by atoms with Gasteiger partial charge in [-0.3, -0.25) is 4.79 Å². The Morgan fingerprint density at radius 3 is 2.42 bits per heavy atom. The maximum atomic E-state index is 13.2. The zero-order chi connectivity index (χ0) is 19.5. The lowest BCUT2D eigenvalue weighted by Gasteiger charge is -2.11. The highest BCUT2D eigenvalue weighted by Gasteiger charge is 2.30. The van der Waals surface area contributed by atoms with Crippen LogP contribution in [-0.4, -0.2) is 27.0 Å². The van der Waals surface area contributed by atoms with Gasteiger partial charge in [0.05, 0.1) is 4.90 Å². The maximum absolute atomic E-state index is 13.2. The van der Waals surface area contributed by atoms with E-state index < -0.39 is 39.4 Å². The van der Waals surface area contributed by atoms with Crippen LogP contribution >= 0.6 is 0 Å². The molecular weight excluding hydrogens is 376 g/mol. The van der Waals surface area contributed by atoms with Gasteiger partial charge in [-0.05, 0) is 48.9 Å². The molecular formula is C16H14F4N2O3S. The third kappa shape index (κ3) is 5.27. The Morgan fingerprint density at radius 1 is 1.12 bits per heavy atom. The van der Waals surface area contributed by atoms with Crippen molar-refractivity contribution in [2.75, 3.05) is 11.9 Å². The Morgan fingerprint density at radius 2 is 1.81 bits per heavy atom. The fourth-order valence-corrected chi connectivity index (χ4v) is 3.05. The van der Waals surface area contributed by atoms with Gasteiger partial charge in [0.15, 0.2) is 0 Å². The molecule has 140 valence electrons. The summed E-state index contributed by atoms with van der Waals surface area (Å²) in [6.45, 7) is -0.217. The number of nitrogens with one attached hydrogen (secondary N) is 2. The molecule has 0 aromatic heterocycles. The lowest BCUT2D eigenvalue weighted by Crippen LogP contribution is -2.33. The standard InChI is InChI=1S/C16H14F4N2O3S/c1-10-7-12(5-6-14(10)17)22-15(23)11-3-2-4-13(8-11)26(24,25)21-9-16(18,19)20/h2-8,21H,9H2,1H3,(H,22,23). The number of amides is 1. The summed E-state index contributed by atoms with van der Waals surface area (Å²) in [7, 11) is -4.43. The fourth-order valence-electron chi connectivity index (χ4n) is 1.99. The van der Waals surface area contributed by atoms with E-state index in [-0.39, 0.29) is 11.3 Å². The fraction of sp³-hybridized carbons (Fsp3) is 0.188. The van der Waals surface area contributed by atoms with E-state index in [0.29, 0.717) is 5.56 Å². The van der Waals surface area contributed by atoms with Crippen LogP contribution in [0.3, 0.4) is 0 Å². The zero-order valence-electron chi connectivity index (χ0n) is 13.4. The number of rotatable bonds is 5. The zero-order valence-corrected chi connectivity index (χ0v) is 14.2. The molecule has 26 heavy (non-hydrogen) atoms. The molecule has 0 spiro atoms. The van der Waals surface area contributed by atoms with Crippen molar-refractivity contribution in [3.63, 3.8) is 0 Å². The van der Waals surface area contributed by atoms with E-state index in [2.05, 4.69) is 5.32 Å². The Kier molecular flexibility index (Phi) is 5.67. The Bertz CT molecular complexity index is 927. The van der Waals surface area contributed by atoms with E-state index in [1.54, 1.807) is 0 Å². The molecule has 0 bridgehead atoms. The second-order valence-electron chi connectivity index (χ2n) is 5.39. The molecule has 0 aliphatic carbocycles. The number of anilines is 1. The van der Waals surface area contributed by atoms with Gasteiger partial charge in [0.1, 0.15) is 12.4 Å². The van der Waals surface area contributed by atoms with Crippen LogP contribution in [0.1, 0.15) is 15.9 Å². The minimum absolute atomic E-state index is 0.0816. The highest BCUT2D eigenvalue weighted by molar-refractivity contribution is 7.89. The van der Waals surface area contributed by atoms with Crippen molar-refractivity contribution in [3.05, 3.63) is 59.4 Å². The maximum Gasteiger partial charge on any atom is 0.402 e. The number of carbonyl (C=O) groups is 1. The summed E-state index contributed by atoms with van der Waals surface area (Å²) in [6.07, 6.45) is -4.71. The van der Waals surface area contributed by atoms with E-state index in [1.165, 1.54) is 35.9 Å². The molecule has 0 saturated carbocycles. The van der Waals surface area contributed by atoms with E-state index >= 15 is 0 Å². The van der Waals surface area contributed by atoms with Crippen LogP contribution in [0, 0.1) is 12.7 Å². The van der Waals surface area contributed by atoms with Gasteiger partial charge in [0, 0.05) is 11.3 Å². The quantitative estimate of drug-likeness (QED) is 0.770. The molecule has 0 heterocycles.